The summed E-state index contributed by atoms with van der Waals surface area (Å²) in [6, 6.07) is 7.46. The highest BCUT2D eigenvalue weighted by Crippen LogP contribution is 2.27. The monoisotopic (exact) mass is 277 g/mol. The van der Waals surface area contributed by atoms with Gasteiger partial charge in [0.25, 0.3) is 0 Å². The highest BCUT2D eigenvalue weighted by molar-refractivity contribution is 5.76. The summed E-state index contributed by atoms with van der Waals surface area (Å²) in [5.41, 5.74) is 0. The van der Waals surface area contributed by atoms with Crippen molar-refractivity contribution in [2.24, 2.45) is 5.92 Å². The van der Waals surface area contributed by atoms with E-state index in [2.05, 4.69) is 5.32 Å². The maximum absolute atomic E-state index is 11.7. The van der Waals surface area contributed by atoms with E-state index in [9.17, 15) is 4.79 Å². The summed E-state index contributed by atoms with van der Waals surface area (Å²) >= 11 is 0. The Morgan fingerprint density at radius 3 is 2.80 bits per heavy atom. The molecule has 1 aliphatic rings. The average molecular weight is 277 g/mol. The zero-order valence-electron chi connectivity index (χ0n) is 12.1. The Balaban J connectivity index is 1.61. The predicted molar refractivity (Wildman–Crippen MR) is 78.1 cm³/mol. The Bertz CT molecular complexity index is 427. The minimum Gasteiger partial charge on any atom is -0.497 e. The first-order chi connectivity index (χ1) is 9.78. The molecule has 0 bridgehead atoms. The van der Waals surface area contributed by atoms with Crippen molar-refractivity contribution in [3.8, 4) is 11.5 Å². The van der Waals surface area contributed by atoms with Gasteiger partial charge in [-0.3, -0.25) is 4.79 Å². The zero-order chi connectivity index (χ0) is 14.2. The second kappa shape index (κ2) is 7.78. The Morgan fingerprint density at radius 1 is 1.30 bits per heavy atom. The Hall–Kier alpha value is -1.71. The van der Waals surface area contributed by atoms with Gasteiger partial charge >= 0.3 is 0 Å². The minimum atomic E-state index is 0.145. The fraction of sp³-hybridized carbons (Fsp3) is 0.562. The predicted octanol–water partition coefficient (Wildman–Crippen LogP) is 2.77. The molecule has 110 valence electrons. The number of carbonyl (C=O) groups excluding carboxylic acids is 1. The smallest absolute Gasteiger partial charge is 0.220 e. The molecule has 4 heteroatoms. The SMILES string of the molecule is COc1cccc(OCCNC(=O)CC2CCCC2)c1. The van der Waals surface area contributed by atoms with Gasteiger partial charge in [-0.1, -0.05) is 18.9 Å². The quantitative estimate of drug-likeness (QED) is 0.780. The Morgan fingerprint density at radius 2 is 2.05 bits per heavy atom. The van der Waals surface area contributed by atoms with E-state index in [1.807, 2.05) is 24.3 Å². The van der Waals surface area contributed by atoms with E-state index < -0.39 is 0 Å². The van der Waals surface area contributed by atoms with Crippen molar-refractivity contribution in [3.05, 3.63) is 24.3 Å². The average Bonchev–Trinajstić information content (AvgIpc) is 2.97. The van der Waals surface area contributed by atoms with E-state index in [0.717, 1.165) is 11.5 Å². The van der Waals surface area contributed by atoms with Gasteiger partial charge in [-0.2, -0.15) is 0 Å². The first-order valence-electron chi connectivity index (χ1n) is 7.31. The molecule has 0 atom stereocenters. The third-order valence-electron chi connectivity index (χ3n) is 3.68. The molecule has 0 saturated heterocycles. The van der Waals surface area contributed by atoms with E-state index >= 15 is 0 Å². The molecule has 1 N–H and O–H groups in total. The molecule has 1 amide bonds. The third-order valence-corrected chi connectivity index (χ3v) is 3.68. The van der Waals surface area contributed by atoms with E-state index in [1.54, 1.807) is 7.11 Å². The molecule has 0 aliphatic heterocycles. The van der Waals surface area contributed by atoms with Crippen LogP contribution in [-0.4, -0.2) is 26.2 Å². The lowest BCUT2D eigenvalue weighted by Crippen LogP contribution is -2.29. The van der Waals surface area contributed by atoms with Crippen LogP contribution in [0.4, 0.5) is 0 Å². The molecule has 1 aromatic carbocycles. The third kappa shape index (κ3) is 4.76. The van der Waals surface area contributed by atoms with Gasteiger partial charge in [0.1, 0.15) is 18.1 Å². The van der Waals surface area contributed by atoms with Gasteiger partial charge in [0.05, 0.1) is 13.7 Å². The number of nitrogens with one attached hydrogen (secondary N) is 1. The van der Waals surface area contributed by atoms with E-state index in [-0.39, 0.29) is 5.91 Å². The molecule has 4 nitrogen and oxygen atoms in total. The molecule has 0 radical (unpaired) electrons. The summed E-state index contributed by atoms with van der Waals surface area (Å²) in [6.45, 7) is 1.02. The largest absolute Gasteiger partial charge is 0.497 e. The van der Waals surface area contributed by atoms with Crippen LogP contribution in [0.3, 0.4) is 0 Å². The van der Waals surface area contributed by atoms with Crippen LogP contribution in [-0.2, 0) is 4.79 Å². The van der Waals surface area contributed by atoms with Gasteiger partial charge in [0.15, 0.2) is 0 Å². The van der Waals surface area contributed by atoms with E-state index in [4.69, 9.17) is 9.47 Å². The molecule has 1 fully saturated rings. The lowest BCUT2D eigenvalue weighted by Gasteiger charge is -2.11. The molecular weight excluding hydrogens is 254 g/mol. The zero-order valence-corrected chi connectivity index (χ0v) is 12.1. The molecular formula is C16H23NO3. The van der Waals surface area contributed by atoms with E-state index in [0.29, 0.717) is 25.5 Å². The van der Waals surface area contributed by atoms with Crippen LogP contribution in [0, 0.1) is 5.92 Å². The number of rotatable bonds is 7. The normalized spacial score (nSPS) is 15.1. The summed E-state index contributed by atoms with van der Waals surface area (Å²) in [7, 11) is 1.63. The van der Waals surface area contributed by atoms with Crippen LogP contribution in [0.25, 0.3) is 0 Å². The lowest BCUT2D eigenvalue weighted by molar-refractivity contribution is -0.122. The standard InChI is InChI=1S/C16H23NO3/c1-19-14-7-4-8-15(12-14)20-10-9-17-16(18)11-13-5-2-3-6-13/h4,7-8,12-13H,2-3,5-6,9-11H2,1H3,(H,17,18). The van der Waals surface area contributed by atoms with Crippen molar-refractivity contribution >= 4 is 5.91 Å². The van der Waals surface area contributed by atoms with Gasteiger partial charge in [-0.25, -0.2) is 0 Å². The first-order valence-corrected chi connectivity index (χ1v) is 7.31. The summed E-state index contributed by atoms with van der Waals surface area (Å²) < 4.78 is 10.7. The highest BCUT2D eigenvalue weighted by atomic mass is 16.5. The van der Waals surface area contributed by atoms with Crippen LogP contribution in [0.15, 0.2) is 24.3 Å². The van der Waals surface area contributed by atoms with Crippen LogP contribution >= 0.6 is 0 Å². The minimum absolute atomic E-state index is 0.145. The molecule has 20 heavy (non-hydrogen) atoms. The molecule has 0 unspecified atom stereocenters. The molecule has 0 heterocycles. The maximum Gasteiger partial charge on any atom is 0.220 e. The number of hydrogen-bond acceptors (Lipinski definition) is 3. The second-order valence-electron chi connectivity index (χ2n) is 5.23. The van der Waals surface area contributed by atoms with Gasteiger partial charge in [0.2, 0.25) is 5.91 Å². The number of amides is 1. The van der Waals surface area contributed by atoms with Crippen LogP contribution < -0.4 is 14.8 Å². The van der Waals surface area contributed by atoms with Crippen LogP contribution in [0.1, 0.15) is 32.1 Å². The molecule has 1 saturated carbocycles. The van der Waals surface area contributed by atoms with Crippen molar-refractivity contribution in [2.75, 3.05) is 20.3 Å². The molecule has 1 aromatic rings. The maximum atomic E-state index is 11.7. The van der Waals surface area contributed by atoms with Crippen molar-refractivity contribution in [1.82, 2.24) is 5.32 Å². The van der Waals surface area contributed by atoms with Crippen molar-refractivity contribution in [2.45, 2.75) is 32.1 Å². The van der Waals surface area contributed by atoms with Gasteiger partial charge in [-0.15, -0.1) is 0 Å². The molecule has 1 aliphatic carbocycles. The summed E-state index contributed by atoms with van der Waals surface area (Å²) in [5, 5.41) is 2.91. The van der Waals surface area contributed by atoms with Crippen LogP contribution in [0.2, 0.25) is 0 Å². The fourth-order valence-corrected chi connectivity index (χ4v) is 2.60. The number of carbonyl (C=O) groups is 1. The van der Waals surface area contributed by atoms with Crippen molar-refractivity contribution in [1.29, 1.82) is 0 Å². The Labute approximate surface area is 120 Å². The molecule has 0 spiro atoms. The summed E-state index contributed by atoms with van der Waals surface area (Å²) in [6.07, 6.45) is 5.62. The lowest BCUT2D eigenvalue weighted by atomic mass is 10.0. The topological polar surface area (TPSA) is 47.6 Å². The van der Waals surface area contributed by atoms with Crippen molar-refractivity contribution < 1.29 is 14.3 Å². The summed E-state index contributed by atoms with van der Waals surface area (Å²) in [5.74, 6) is 2.27. The molecule has 0 aromatic heterocycles. The van der Waals surface area contributed by atoms with Gasteiger partial charge in [-0.05, 0) is 30.9 Å². The van der Waals surface area contributed by atoms with E-state index in [1.165, 1.54) is 25.7 Å². The summed E-state index contributed by atoms with van der Waals surface area (Å²) in [4.78, 5) is 11.7. The number of hydrogen-bond donors (Lipinski definition) is 1. The number of benzene rings is 1. The fourth-order valence-electron chi connectivity index (χ4n) is 2.60. The highest BCUT2D eigenvalue weighted by Gasteiger charge is 2.17. The first kappa shape index (κ1) is 14.7. The van der Waals surface area contributed by atoms with Gasteiger partial charge in [0, 0.05) is 12.5 Å². The number of ether oxygens (including phenoxy) is 2. The Kier molecular flexibility index (Phi) is 5.71. The van der Waals surface area contributed by atoms with Gasteiger partial charge < -0.3 is 14.8 Å². The van der Waals surface area contributed by atoms with Crippen LogP contribution in [0.5, 0.6) is 11.5 Å². The molecule has 2 rings (SSSR count). The number of methoxy groups -OCH3 is 1. The second-order valence-corrected chi connectivity index (χ2v) is 5.23. The van der Waals surface area contributed by atoms with Crippen molar-refractivity contribution in [3.63, 3.8) is 0 Å².